The largest absolute Gasteiger partial charge is 2.00 e. The van der Waals surface area contributed by atoms with E-state index in [4.69, 9.17) is 0 Å². The van der Waals surface area contributed by atoms with Crippen molar-refractivity contribution in [2.24, 2.45) is 59.2 Å². The SMILES string of the molecule is [CH2-]CC1C([CH2-])C(C)C1CCC([CH2-])CCCCC(CCC)CCC1C(C)C([CH2-])C1CCC.[CH3-].[CH3-].[W+2].[W+2].[W].[Y]. The second kappa shape index (κ2) is 26.8. The predicted molar refractivity (Wildman–Crippen MR) is 152 cm³/mol. The topological polar surface area (TPSA) is 0 Å². The van der Waals surface area contributed by atoms with Crippen molar-refractivity contribution in [1.82, 2.24) is 0 Å². The van der Waals surface area contributed by atoms with Crippen molar-refractivity contribution in [1.29, 1.82) is 0 Å². The molecule has 0 aromatic rings. The third kappa shape index (κ3) is 14.9. The Bertz CT molecular complexity index is 488. The summed E-state index contributed by atoms with van der Waals surface area (Å²) in [7, 11) is 0. The van der Waals surface area contributed by atoms with Crippen LogP contribution in [0.3, 0.4) is 0 Å². The summed E-state index contributed by atoms with van der Waals surface area (Å²) in [5.41, 5.74) is 0. The number of rotatable bonds is 16. The third-order valence-corrected chi connectivity index (χ3v) is 9.84. The van der Waals surface area contributed by atoms with Gasteiger partial charge in [0.2, 0.25) is 0 Å². The van der Waals surface area contributed by atoms with Gasteiger partial charge < -0.3 is 42.5 Å². The molecular formula is C33H62W3Y-2. The summed E-state index contributed by atoms with van der Waals surface area (Å²) >= 11 is 0. The van der Waals surface area contributed by atoms with E-state index < -0.39 is 0 Å². The van der Waals surface area contributed by atoms with Crippen LogP contribution in [0.15, 0.2) is 0 Å². The molecule has 0 aromatic heterocycles. The first-order valence-electron chi connectivity index (χ1n) is 14.1. The van der Waals surface area contributed by atoms with E-state index in [0.717, 1.165) is 53.8 Å². The van der Waals surface area contributed by atoms with Gasteiger partial charge in [-0.15, -0.1) is 0 Å². The van der Waals surface area contributed by atoms with E-state index in [1.54, 1.807) is 0 Å². The number of unbranched alkanes of at least 4 members (excludes halogenated alkanes) is 1. The molecule has 0 N–H and O–H groups in total. The quantitative estimate of drug-likeness (QED) is 0.107. The maximum absolute atomic E-state index is 4.50. The Hall–Kier alpha value is 3.17. The molecule has 2 aliphatic rings. The van der Waals surface area contributed by atoms with Crippen molar-refractivity contribution in [3.63, 3.8) is 0 Å². The van der Waals surface area contributed by atoms with E-state index >= 15 is 0 Å². The van der Waals surface area contributed by atoms with E-state index in [1.807, 2.05) is 0 Å². The molecule has 0 saturated heterocycles. The standard InChI is InChI=1S/C31H56.2CH3.3W.Y/c1-9-14-27(19-21-31-26(8)25(7)29(31)15-10-2)17-13-12-16-22(4)18-20-30-24(6)23(5)28(30)11-3;;;;;;/h22-31H,3-5,7,9-21H2,1-2,6,8H3;2*1H3;;;;/q-4;2*-1;;2*+2;. The van der Waals surface area contributed by atoms with Crippen LogP contribution >= 0.6 is 0 Å². The van der Waals surface area contributed by atoms with Crippen LogP contribution in [0, 0.1) is 102 Å². The zero-order valence-corrected chi connectivity index (χ0v) is 37.2. The normalized spacial score (nSPS) is 31.1. The molecule has 0 heterocycles. The molecule has 2 rings (SSSR count). The maximum Gasteiger partial charge on any atom is 2.00 e. The van der Waals surface area contributed by atoms with Gasteiger partial charge in [0.05, 0.1) is 0 Å². The van der Waals surface area contributed by atoms with Gasteiger partial charge >= 0.3 is 42.1 Å². The first-order chi connectivity index (χ1) is 14.8. The van der Waals surface area contributed by atoms with E-state index in [9.17, 15) is 0 Å². The van der Waals surface area contributed by atoms with Gasteiger partial charge in [0.1, 0.15) is 0 Å². The van der Waals surface area contributed by atoms with Crippen molar-refractivity contribution in [2.75, 3.05) is 0 Å². The molecule has 0 nitrogen and oxygen atoms in total. The summed E-state index contributed by atoms with van der Waals surface area (Å²) in [5.74, 6) is 8.10. The van der Waals surface area contributed by atoms with Crippen LogP contribution in [-0.2, 0) is 95.9 Å². The van der Waals surface area contributed by atoms with Crippen LogP contribution in [0.5, 0.6) is 0 Å². The van der Waals surface area contributed by atoms with Crippen LogP contribution in [0.2, 0.25) is 0 Å². The first-order valence-corrected chi connectivity index (χ1v) is 14.1. The molecule has 0 bridgehead atoms. The van der Waals surface area contributed by atoms with Crippen molar-refractivity contribution in [2.45, 2.75) is 111 Å². The van der Waals surface area contributed by atoms with Gasteiger partial charge in [0, 0.05) is 53.8 Å². The molecule has 0 aliphatic heterocycles. The fraction of sp³-hybridized carbons (Fsp3) is 0.818. The Balaban J connectivity index is -0.000000569. The summed E-state index contributed by atoms with van der Waals surface area (Å²) in [4.78, 5) is 0. The minimum atomic E-state index is 0. The van der Waals surface area contributed by atoms with Gasteiger partial charge in [-0.1, -0.05) is 122 Å². The average molecular weight is 1100 g/mol. The first kappa shape index (κ1) is 49.8. The molecule has 0 aromatic carbocycles. The Morgan fingerprint density at radius 3 is 1.65 bits per heavy atom. The molecule has 217 valence electrons. The van der Waals surface area contributed by atoms with E-state index in [2.05, 4.69) is 55.4 Å². The molecule has 10 atom stereocenters. The summed E-state index contributed by atoms with van der Waals surface area (Å²) < 4.78 is 0. The molecule has 37 heavy (non-hydrogen) atoms. The molecule has 4 heteroatoms. The molecule has 0 spiro atoms. The van der Waals surface area contributed by atoms with Crippen molar-refractivity contribution >= 4 is 0 Å². The van der Waals surface area contributed by atoms with Crippen molar-refractivity contribution < 1.29 is 95.9 Å². The summed E-state index contributed by atoms with van der Waals surface area (Å²) in [6.45, 7) is 27.0. The third-order valence-electron chi connectivity index (χ3n) is 9.84. The van der Waals surface area contributed by atoms with Gasteiger partial charge in [-0.2, -0.15) is 24.2 Å². The monoisotopic (exact) mass is 1100 g/mol. The van der Waals surface area contributed by atoms with Crippen LogP contribution in [0.25, 0.3) is 0 Å². The fourth-order valence-corrected chi connectivity index (χ4v) is 7.39. The average Bonchev–Trinajstić information content (AvgIpc) is 2.77. The van der Waals surface area contributed by atoms with Gasteiger partial charge in [-0.3, -0.25) is 0 Å². The summed E-state index contributed by atoms with van der Waals surface area (Å²) in [6, 6.07) is 0. The Kier molecular flexibility index (Phi) is 36.1. The van der Waals surface area contributed by atoms with Gasteiger partial charge in [-0.25, -0.2) is 0 Å². The molecule has 0 amide bonds. The molecule has 10 unspecified atom stereocenters. The van der Waals surface area contributed by atoms with E-state index in [0.29, 0.717) is 11.8 Å². The minimum absolute atomic E-state index is 0. The van der Waals surface area contributed by atoms with Crippen molar-refractivity contribution in [3.05, 3.63) is 42.5 Å². The van der Waals surface area contributed by atoms with Crippen LogP contribution < -0.4 is 0 Å². The van der Waals surface area contributed by atoms with Gasteiger partial charge in [0.15, 0.2) is 0 Å². The zero-order chi connectivity index (χ0) is 23.0. The second-order valence-electron chi connectivity index (χ2n) is 11.7. The summed E-state index contributed by atoms with van der Waals surface area (Å²) in [6.07, 6.45) is 17.7. The molecule has 1 radical (unpaired) electrons. The smallest absolute Gasteiger partial charge is 0.358 e. The van der Waals surface area contributed by atoms with Crippen LogP contribution in [-0.4, -0.2) is 0 Å². The van der Waals surface area contributed by atoms with E-state index in [1.165, 1.54) is 77.0 Å². The Morgan fingerprint density at radius 1 is 0.649 bits per heavy atom. The van der Waals surface area contributed by atoms with Crippen LogP contribution in [0.1, 0.15) is 111 Å². The Morgan fingerprint density at radius 2 is 1.14 bits per heavy atom. The zero-order valence-electron chi connectivity index (χ0n) is 25.6. The maximum atomic E-state index is 4.50. The molecular weight excluding hydrogens is 1040 g/mol. The van der Waals surface area contributed by atoms with Gasteiger partial charge in [-0.05, 0) is 24.2 Å². The molecule has 2 aliphatic carbocycles. The fourth-order valence-electron chi connectivity index (χ4n) is 7.39. The Labute approximate surface area is 305 Å². The minimum Gasteiger partial charge on any atom is -0.358 e. The molecule has 2 saturated carbocycles. The van der Waals surface area contributed by atoms with E-state index in [-0.39, 0.29) is 111 Å². The number of hydrogen-bond acceptors (Lipinski definition) is 0. The van der Waals surface area contributed by atoms with Crippen molar-refractivity contribution in [3.8, 4) is 0 Å². The number of hydrogen-bond donors (Lipinski definition) is 0. The molecule has 2 fully saturated rings. The van der Waals surface area contributed by atoms with Gasteiger partial charge in [0.25, 0.3) is 0 Å². The second-order valence-corrected chi connectivity index (χ2v) is 11.7. The predicted octanol–water partition coefficient (Wildman–Crippen LogP) is 10.6. The van der Waals surface area contributed by atoms with Crippen LogP contribution in [0.4, 0.5) is 0 Å². The summed E-state index contributed by atoms with van der Waals surface area (Å²) in [5, 5.41) is 0.